The first-order valence-electron chi connectivity index (χ1n) is 10.7. The Morgan fingerprint density at radius 3 is 2.20 bits per heavy atom. The molecule has 10 heteroatoms. The van der Waals surface area contributed by atoms with E-state index in [1.807, 2.05) is 0 Å². The van der Waals surface area contributed by atoms with E-state index in [9.17, 15) is 14.2 Å². The Morgan fingerprint density at radius 2 is 1.67 bits per heavy atom. The molecule has 0 radical (unpaired) electrons. The highest BCUT2D eigenvalue weighted by Crippen LogP contribution is 2.55. The van der Waals surface area contributed by atoms with Gasteiger partial charge in [0, 0.05) is 20.8 Å². The number of alkyl halides is 1. The lowest BCUT2D eigenvalue weighted by atomic mass is 9.83. The third-order valence-electron chi connectivity index (χ3n) is 5.77. The van der Waals surface area contributed by atoms with E-state index in [0.29, 0.717) is 19.4 Å². The van der Waals surface area contributed by atoms with Crippen LogP contribution in [0.25, 0.3) is 0 Å². The lowest BCUT2D eigenvalue weighted by Gasteiger charge is -2.36. The van der Waals surface area contributed by atoms with Crippen molar-refractivity contribution in [1.29, 1.82) is 0 Å². The van der Waals surface area contributed by atoms with Crippen LogP contribution >= 0.6 is 7.60 Å². The summed E-state index contributed by atoms with van der Waals surface area (Å²) in [7, 11) is -1.73. The molecule has 1 unspecified atom stereocenters. The number of nitrogens with zero attached hydrogens (tertiary/aromatic N) is 1. The van der Waals surface area contributed by atoms with Crippen LogP contribution in [0.3, 0.4) is 0 Å². The minimum absolute atomic E-state index is 0.0465. The Labute approximate surface area is 178 Å². The summed E-state index contributed by atoms with van der Waals surface area (Å²) in [6.07, 6.45) is 4.91. The average molecular weight is 450 g/mol. The van der Waals surface area contributed by atoms with Crippen molar-refractivity contribution in [2.75, 3.05) is 20.8 Å². The molecule has 3 atom stereocenters. The van der Waals surface area contributed by atoms with Gasteiger partial charge in [-0.05, 0) is 52.4 Å². The first-order valence-corrected chi connectivity index (χ1v) is 12.3. The molecule has 2 rings (SSSR count). The summed E-state index contributed by atoms with van der Waals surface area (Å²) in [5, 5.41) is 2.74. The first-order chi connectivity index (χ1) is 14.0. The zero-order valence-corrected chi connectivity index (χ0v) is 19.6. The molecule has 8 nitrogen and oxygen atoms in total. The maximum absolute atomic E-state index is 15.1. The number of carbonyl (C=O) groups is 2. The number of ether oxygens (including phenoxy) is 1. The maximum Gasteiger partial charge on any atom is 0.408 e. The average Bonchev–Trinajstić information content (AvgIpc) is 3.19. The summed E-state index contributed by atoms with van der Waals surface area (Å²) in [6, 6.07) is -1.73. The summed E-state index contributed by atoms with van der Waals surface area (Å²) in [5.74, 6) is -2.36. The lowest BCUT2D eigenvalue weighted by Crippen LogP contribution is -2.55. The van der Waals surface area contributed by atoms with Crippen LogP contribution in [0.1, 0.15) is 65.7 Å². The molecule has 1 heterocycles. The maximum atomic E-state index is 15.1. The minimum Gasteiger partial charge on any atom is -0.444 e. The van der Waals surface area contributed by atoms with Gasteiger partial charge in [-0.25, -0.2) is 9.18 Å². The van der Waals surface area contributed by atoms with Crippen LogP contribution in [0.2, 0.25) is 0 Å². The molecule has 1 aliphatic carbocycles. The highest BCUT2D eigenvalue weighted by atomic mass is 31.2. The Bertz CT molecular complexity index is 642. The van der Waals surface area contributed by atoms with Gasteiger partial charge in [0.05, 0.1) is 6.04 Å². The minimum atomic E-state index is -3.99. The SMILES string of the molecule is COP(=O)(OC)C(F)[C@@H]1CCCN1C(=O)[C@@H](NC(=O)OC(C)(C)C)C1CCCCC1. The number of carbonyl (C=O) groups excluding carboxylic acids is 2. The van der Waals surface area contributed by atoms with Gasteiger partial charge in [0.1, 0.15) is 11.6 Å². The fourth-order valence-corrected chi connectivity index (χ4v) is 5.58. The smallest absolute Gasteiger partial charge is 0.408 e. The van der Waals surface area contributed by atoms with E-state index in [-0.39, 0.29) is 11.8 Å². The van der Waals surface area contributed by atoms with Crippen LogP contribution in [-0.4, -0.2) is 61.3 Å². The summed E-state index contributed by atoms with van der Waals surface area (Å²) in [6.45, 7) is 5.58. The standard InChI is InChI=1S/C20H36FN2O6P/c1-20(2,3)29-19(25)22-16(14-10-7-6-8-11-14)18(24)23-13-9-12-15(23)17(21)30(26,27-4)28-5/h14-17H,6-13H2,1-5H3,(H,22,25)/t15-,16-,17?/m0/s1. The van der Waals surface area contributed by atoms with Gasteiger partial charge in [0.15, 0.2) is 0 Å². The fraction of sp³-hybridized carbons (Fsp3) is 0.900. The Balaban J connectivity index is 2.22. The molecule has 0 aromatic heterocycles. The van der Waals surface area contributed by atoms with Crippen LogP contribution in [0.15, 0.2) is 0 Å². The largest absolute Gasteiger partial charge is 0.444 e. The molecule has 174 valence electrons. The van der Waals surface area contributed by atoms with Crippen molar-refractivity contribution < 1.29 is 32.3 Å². The third kappa shape index (κ3) is 6.17. The highest BCUT2D eigenvalue weighted by Gasteiger charge is 2.48. The predicted octanol–water partition coefficient (Wildman–Crippen LogP) is 4.23. The van der Waals surface area contributed by atoms with Gasteiger partial charge in [0.25, 0.3) is 0 Å². The van der Waals surface area contributed by atoms with Gasteiger partial charge >= 0.3 is 13.7 Å². The Hall–Kier alpha value is -1.18. The monoisotopic (exact) mass is 450 g/mol. The second-order valence-corrected chi connectivity index (χ2v) is 11.3. The lowest BCUT2D eigenvalue weighted by molar-refractivity contribution is -0.136. The van der Waals surface area contributed by atoms with Gasteiger partial charge in [-0.15, -0.1) is 0 Å². The molecule has 1 saturated carbocycles. The van der Waals surface area contributed by atoms with Gasteiger partial charge in [-0.2, -0.15) is 0 Å². The highest BCUT2D eigenvalue weighted by molar-refractivity contribution is 7.54. The third-order valence-corrected chi connectivity index (χ3v) is 7.74. The second kappa shape index (κ2) is 10.4. The molecule has 2 amide bonds. The summed E-state index contributed by atoms with van der Waals surface area (Å²) < 4.78 is 42.7. The van der Waals surface area contributed by atoms with Crippen molar-refractivity contribution in [3.05, 3.63) is 0 Å². The molecule has 1 aliphatic heterocycles. The van der Waals surface area contributed by atoms with Crippen molar-refractivity contribution in [3.8, 4) is 0 Å². The predicted molar refractivity (Wildman–Crippen MR) is 111 cm³/mol. The van der Waals surface area contributed by atoms with E-state index in [4.69, 9.17) is 13.8 Å². The summed E-state index contributed by atoms with van der Waals surface area (Å²) >= 11 is 0. The summed E-state index contributed by atoms with van der Waals surface area (Å²) in [4.78, 5) is 27.3. The zero-order valence-electron chi connectivity index (χ0n) is 18.7. The quantitative estimate of drug-likeness (QED) is 0.584. The second-order valence-electron chi connectivity index (χ2n) is 9.04. The zero-order chi connectivity index (χ0) is 22.5. The van der Waals surface area contributed by atoms with E-state index >= 15 is 4.39 Å². The number of likely N-dealkylation sites (tertiary alicyclic amines) is 1. The molecule has 1 saturated heterocycles. The normalized spacial score (nSPS) is 23.1. The van der Waals surface area contributed by atoms with Crippen LogP contribution in [0.5, 0.6) is 0 Å². The van der Waals surface area contributed by atoms with Gasteiger partial charge in [-0.1, -0.05) is 19.3 Å². The van der Waals surface area contributed by atoms with Crippen molar-refractivity contribution in [1.82, 2.24) is 10.2 Å². The number of nitrogens with one attached hydrogen (secondary N) is 1. The number of halogens is 1. The Kier molecular flexibility index (Phi) is 8.71. The van der Waals surface area contributed by atoms with Crippen LogP contribution in [-0.2, 0) is 23.1 Å². The molecule has 0 aromatic carbocycles. The summed E-state index contributed by atoms with van der Waals surface area (Å²) in [5.41, 5.74) is -0.700. The van der Waals surface area contributed by atoms with Crippen molar-refractivity contribution in [2.24, 2.45) is 5.92 Å². The molecule has 0 spiro atoms. The molecule has 0 aromatic rings. The number of alkyl carbamates (subject to hydrolysis) is 1. The van der Waals surface area contributed by atoms with Crippen LogP contribution < -0.4 is 5.32 Å². The molecular weight excluding hydrogens is 414 g/mol. The molecule has 1 N–H and O–H groups in total. The fourth-order valence-electron chi connectivity index (χ4n) is 4.30. The van der Waals surface area contributed by atoms with E-state index < -0.39 is 37.3 Å². The van der Waals surface area contributed by atoms with E-state index in [2.05, 4.69) is 5.32 Å². The Morgan fingerprint density at radius 1 is 1.07 bits per heavy atom. The molecule has 30 heavy (non-hydrogen) atoms. The first kappa shape index (κ1) is 25.1. The molecule has 2 fully saturated rings. The van der Waals surface area contributed by atoms with E-state index in [1.54, 1.807) is 20.8 Å². The number of rotatable bonds is 7. The van der Waals surface area contributed by atoms with Gasteiger partial charge in [-0.3, -0.25) is 9.36 Å². The van der Waals surface area contributed by atoms with E-state index in [0.717, 1.165) is 46.3 Å². The molecule has 0 bridgehead atoms. The number of hydrogen-bond acceptors (Lipinski definition) is 6. The van der Waals surface area contributed by atoms with Gasteiger partial charge < -0.3 is 24.0 Å². The number of amides is 2. The van der Waals surface area contributed by atoms with E-state index in [1.165, 1.54) is 4.90 Å². The van der Waals surface area contributed by atoms with Crippen LogP contribution in [0.4, 0.5) is 9.18 Å². The topological polar surface area (TPSA) is 94.2 Å². The van der Waals surface area contributed by atoms with Crippen molar-refractivity contribution in [3.63, 3.8) is 0 Å². The van der Waals surface area contributed by atoms with Crippen molar-refractivity contribution >= 4 is 19.6 Å². The molecular formula is C20H36FN2O6P. The van der Waals surface area contributed by atoms with Crippen LogP contribution in [0, 0.1) is 5.92 Å². The number of hydrogen-bond donors (Lipinski definition) is 1. The van der Waals surface area contributed by atoms with Gasteiger partial charge in [0.2, 0.25) is 11.8 Å². The van der Waals surface area contributed by atoms with Crippen molar-refractivity contribution in [2.45, 2.75) is 89.3 Å². The molecule has 2 aliphatic rings.